The molecule has 0 bridgehead atoms. The third kappa shape index (κ3) is 2.42. The van der Waals surface area contributed by atoms with E-state index in [1.165, 1.54) is 0 Å². The molecule has 0 unspecified atom stereocenters. The predicted molar refractivity (Wildman–Crippen MR) is 51.8 cm³/mol. The van der Waals surface area contributed by atoms with E-state index in [0.717, 1.165) is 18.6 Å². The van der Waals surface area contributed by atoms with Gasteiger partial charge in [-0.2, -0.15) is 0 Å². The molecule has 0 N–H and O–H groups in total. The summed E-state index contributed by atoms with van der Waals surface area (Å²) in [5, 5.41) is 0.618. The van der Waals surface area contributed by atoms with Crippen molar-refractivity contribution in [1.82, 2.24) is 0 Å². The molecule has 70 valence electrons. The highest BCUT2D eigenvalue weighted by atomic mass is 35.9. The molecule has 0 aliphatic heterocycles. The number of hydrogen-bond donors (Lipinski definition) is 0. The van der Waals surface area contributed by atoms with Crippen molar-refractivity contribution in [3.63, 3.8) is 0 Å². The maximum absolute atomic E-state index is 11.3. The van der Waals surface area contributed by atoms with Gasteiger partial charge in [-0.25, -0.2) is 0 Å². The van der Waals surface area contributed by atoms with E-state index in [2.05, 4.69) is 0 Å². The summed E-state index contributed by atoms with van der Waals surface area (Å²) in [5.41, 5.74) is 0. The number of rotatable bonds is 3. The fraction of sp³-hybridized carbons (Fsp3) is 0.714. The third-order valence-corrected chi connectivity index (χ3v) is 4.10. The Hall–Kier alpha value is 0.350. The van der Waals surface area contributed by atoms with Crippen molar-refractivity contribution in [2.75, 3.05) is 6.61 Å². The molecule has 0 spiro atoms. The van der Waals surface area contributed by atoms with Crippen LogP contribution in [0.2, 0.25) is 0 Å². The molecule has 5 heteroatoms. The second-order valence-corrected chi connectivity index (χ2v) is 7.46. The van der Waals surface area contributed by atoms with Crippen LogP contribution in [0.25, 0.3) is 0 Å². The van der Waals surface area contributed by atoms with Gasteiger partial charge in [0, 0.05) is 6.42 Å². The Morgan fingerprint density at radius 3 is 2.67 bits per heavy atom. The Bertz CT molecular complexity index is 244. The van der Waals surface area contributed by atoms with Gasteiger partial charge in [-0.1, -0.05) is 0 Å². The topological polar surface area (TPSA) is 26.3 Å². The lowest BCUT2D eigenvalue weighted by Crippen LogP contribution is -1.89. The largest absolute Gasteiger partial charge is 0.498 e. The zero-order valence-corrected chi connectivity index (χ0v) is 9.25. The Balaban J connectivity index is 2.84. The fourth-order valence-corrected chi connectivity index (χ4v) is 3.26. The lowest BCUT2D eigenvalue weighted by molar-refractivity contribution is 0.222. The van der Waals surface area contributed by atoms with E-state index in [4.69, 9.17) is 27.2 Å². The molecule has 0 aromatic rings. The Kier molecular flexibility index (Phi) is 3.51. The van der Waals surface area contributed by atoms with Gasteiger partial charge in [0.2, 0.25) is 0 Å². The van der Waals surface area contributed by atoms with Crippen molar-refractivity contribution >= 4 is 28.3 Å². The summed E-state index contributed by atoms with van der Waals surface area (Å²) in [7, 11) is 0. The summed E-state index contributed by atoms with van der Waals surface area (Å²) in [4.78, 5) is 0. The minimum Gasteiger partial charge on any atom is -0.498 e. The van der Waals surface area contributed by atoms with Crippen LogP contribution in [-0.2, 0) is 9.30 Å². The zero-order chi connectivity index (χ0) is 9.19. The van der Waals surface area contributed by atoms with E-state index >= 15 is 0 Å². The lowest BCUT2D eigenvalue weighted by Gasteiger charge is -2.07. The van der Waals surface area contributed by atoms with Gasteiger partial charge >= 0.3 is 0 Å². The van der Waals surface area contributed by atoms with E-state index in [1.54, 1.807) is 0 Å². The minimum absolute atomic E-state index is 0.576. The second-order valence-electron chi connectivity index (χ2n) is 2.62. The molecule has 1 aliphatic carbocycles. The maximum Gasteiger partial charge on any atom is 0.281 e. The second kappa shape index (κ2) is 4.04. The highest BCUT2D eigenvalue weighted by molar-refractivity contribution is 8.11. The Morgan fingerprint density at radius 2 is 2.17 bits per heavy atom. The van der Waals surface area contributed by atoms with Gasteiger partial charge in [-0.05, 0) is 42.2 Å². The van der Waals surface area contributed by atoms with Gasteiger partial charge in [-0.3, -0.25) is 4.57 Å². The fourth-order valence-electron chi connectivity index (χ4n) is 1.31. The van der Waals surface area contributed by atoms with Crippen LogP contribution in [0.5, 0.6) is 0 Å². The van der Waals surface area contributed by atoms with Crippen LogP contribution >= 0.6 is 28.3 Å². The van der Waals surface area contributed by atoms with Crippen molar-refractivity contribution in [2.24, 2.45) is 0 Å². The molecule has 0 amide bonds. The van der Waals surface area contributed by atoms with Crippen LogP contribution in [0.3, 0.4) is 0 Å². The first kappa shape index (κ1) is 10.4. The SMILES string of the molecule is CCOC1=C(P(=O)(Cl)Cl)CCC1. The van der Waals surface area contributed by atoms with Gasteiger partial charge in [0.05, 0.1) is 11.9 Å². The molecule has 12 heavy (non-hydrogen) atoms. The first-order valence-electron chi connectivity index (χ1n) is 3.90. The summed E-state index contributed by atoms with van der Waals surface area (Å²) in [6, 6.07) is 0. The van der Waals surface area contributed by atoms with Crippen LogP contribution in [0.15, 0.2) is 11.1 Å². The number of ether oxygens (including phenoxy) is 1. The maximum atomic E-state index is 11.3. The van der Waals surface area contributed by atoms with E-state index in [-0.39, 0.29) is 0 Å². The van der Waals surface area contributed by atoms with E-state index in [0.29, 0.717) is 18.3 Å². The van der Waals surface area contributed by atoms with Gasteiger partial charge < -0.3 is 4.74 Å². The first-order valence-corrected chi connectivity index (χ1v) is 7.42. The van der Waals surface area contributed by atoms with Gasteiger partial charge in [0.15, 0.2) is 0 Å². The molecular formula is C7H11Cl2O2P. The summed E-state index contributed by atoms with van der Waals surface area (Å²) in [5.74, 6) is -2.36. The van der Waals surface area contributed by atoms with Crippen molar-refractivity contribution in [1.29, 1.82) is 0 Å². The summed E-state index contributed by atoms with van der Waals surface area (Å²) >= 11 is 11.1. The zero-order valence-electron chi connectivity index (χ0n) is 6.85. The van der Waals surface area contributed by atoms with Crippen LogP contribution < -0.4 is 0 Å². The molecule has 0 radical (unpaired) electrons. The van der Waals surface area contributed by atoms with Crippen LogP contribution in [0.1, 0.15) is 26.2 Å². The van der Waals surface area contributed by atoms with Crippen molar-refractivity contribution in [3.05, 3.63) is 11.1 Å². The molecule has 0 aromatic carbocycles. The van der Waals surface area contributed by atoms with E-state index in [9.17, 15) is 4.57 Å². The molecule has 0 saturated carbocycles. The van der Waals surface area contributed by atoms with Crippen LogP contribution in [0, 0.1) is 0 Å². The number of halogens is 2. The van der Waals surface area contributed by atoms with Gasteiger partial charge in [-0.15, -0.1) is 0 Å². The highest BCUT2D eigenvalue weighted by Crippen LogP contribution is 2.67. The Morgan fingerprint density at radius 1 is 1.50 bits per heavy atom. The molecule has 0 atom stereocenters. The normalized spacial score (nSPS) is 18.6. The highest BCUT2D eigenvalue weighted by Gasteiger charge is 2.29. The predicted octanol–water partition coefficient (Wildman–Crippen LogP) is 4.09. The Labute approximate surface area is 81.8 Å². The van der Waals surface area contributed by atoms with E-state index < -0.39 is 5.85 Å². The molecule has 2 nitrogen and oxygen atoms in total. The molecule has 0 fully saturated rings. The molecule has 0 aromatic heterocycles. The van der Waals surface area contributed by atoms with Gasteiger partial charge in [0.1, 0.15) is 5.76 Å². The van der Waals surface area contributed by atoms with Crippen molar-refractivity contribution in [2.45, 2.75) is 26.2 Å². The smallest absolute Gasteiger partial charge is 0.281 e. The summed E-state index contributed by atoms with van der Waals surface area (Å²) in [6.07, 6.45) is 2.46. The monoisotopic (exact) mass is 228 g/mol. The van der Waals surface area contributed by atoms with Crippen molar-refractivity contribution < 1.29 is 9.30 Å². The minimum atomic E-state index is -3.10. The average Bonchev–Trinajstić information content (AvgIpc) is 2.34. The summed E-state index contributed by atoms with van der Waals surface area (Å²) in [6.45, 7) is 2.46. The molecule has 1 aliphatic rings. The van der Waals surface area contributed by atoms with Gasteiger partial charge in [0.25, 0.3) is 5.85 Å². The van der Waals surface area contributed by atoms with E-state index in [1.807, 2.05) is 6.92 Å². The molecule has 0 saturated heterocycles. The average molecular weight is 229 g/mol. The number of allylic oxidation sites excluding steroid dienone is 2. The third-order valence-electron chi connectivity index (χ3n) is 1.77. The molecule has 0 heterocycles. The standard InChI is InChI=1S/C7H11Cl2O2P/c1-2-11-6-4-3-5-7(6)12(8,9)10/h2-5H2,1H3. The quantitative estimate of drug-likeness (QED) is 0.681. The van der Waals surface area contributed by atoms with Crippen molar-refractivity contribution in [3.8, 4) is 0 Å². The lowest BCUT2D eigenvalue weighted by atomic mass is 10.4. The summed E-state index contributed by atoms with van der Waals surface area (Å²) < 4.78 is 16.6. The molecule has 1 rings (SSSR count). The number of hydrogen-bond acceptors (Lipinski definition) is 2. The van der Waals surface area contributed by atoms with Crippen LogP contribution in [0.4, 0.5) is 0 Å². The molecular weight excluding hydrogens is 218 g/mol. The first-order chi connectivity index (χ1) is 5.55. The van der Waals surface area contributed by atoms with Crippen LogP contribution in [-0.4, -0.2) is 6.61 Å².